The predicted octanol–water partition coefficient (Wildman–Crippen LogP) is 1.73. The third-order valence-electron chi connectivity index (χ3n) is 3.07. The van der Waals surface area contributed by atoms with Gasteiger partial charge < -0.3 is 10.1 Å². The van der Waals surface area contributed by atoms with Crippen molar-refractivity contribution in [3.63, 3.8) is 0 Å². The van der Waals surface area contributed by atoms with Crippen LogP contribution >= 0.6 is 0 Å². The van der Waals surface area contributed by atoms with Crippen LogP contribution in [-0.2, 0) is 4.74 Å². The number of rotatable bonds is 7. The van der Waals surface area contributed by atoms with E-state index in [2.05, 4.69) is 31.0 Å². The molecule has 1 heterocycles. The Labute approximate surface area is 101 Å². The summed E-state index contributed by atoms with van der Waals surface area (Å²) in [5, 5.41) is 3.48. The molecule has 1 aliphatic rings. The van der Waals surface area contributed by atoms with Crippen molar-refractivity contribution in [1.29, 1.82) is 0 Å². The van der Waals surface area contributed by atoms with Crippen LogP contribution in [0.5, 0.6) is 0 Å². The van der Waals surface area contributed by atoms with Crippen LogP contribution in [-0.4, -0.2) is 50.3 Å². The van der Waals surface area contributed by atoms with Gasteiger partial charge in [0, 0.05) is 38.8 Å². The fourth-order valence-corrected chi connectivity index (χ4v) is 2.22. The first-order valence-electron chi connectivity index (χ1n) is 6.76. The Morgan fingerprint density at radius 2 is 2.25 bits per heavy atom. The molecule has 1 rings (SSSR count). The van der Waals surface area contributed by atoms with E-state index >= 15 is 0 Å². The number of ether oxygens (including phenoxy) is 1. The highest BCUT2D eigenvalue weighted by Gasteiger charge is 2.20. The number of nitrogens with one attached hydrogen (secondary N) is 1. The maximum Gasteiger partial charge on any atom is 0.0593 e. The molecule has 16 heavy (non-hydrogen) atoms. The minimum atomic E-state index is 0.648. The lowest BCUT2D eigenvalue weighted by Gasteiger charge is -2.36. The fraction of sp³-hybridized carbons (Fsp3) is 1.00. The van der Waals surface area contributed by atoms with Gasteiger partial charge in [-0.3, -0.25) is 4.90 Å². The van der Waals surface area contributed by atoms with Crippen molar-refractivity contribution in [1.82, 2.24) is 10.2 Å². The minimum Gasteiger partial charge on any atom is -0.380 e. The van der Waals surface area contributed by atoms with Crippen molar-refractivity contribution >= 4 is 0 Å². The van der Waals surface area contributed by atoms with Crippen molar-refractivity contribution in [2.45, 2.75) is 39.7 Å². The van der Waals surface area contributed by atoms with E-state index in [-0.39, 0.29) is 0 Å². The van der Waals surface area contributed by atoms with Crippen molar-refractivity contribution in [2.75, 3.05) is 39.4 Å². The zero-order valence-corrected chi connectivity index (χ0v) is 11.2. The maximum absolute atomic E-state index is 5.66. The molecule has 1 aliphatic heterocycles. The molecule has 0 amide bonds. The molecule has 0 bridgehead atoms. The largest absolute Gasteiger partial charge is 0.380 e. The molecule has 3 nitrogen and oxygen atoms in total. The molecule has 1 N–H and O–H groups in total. The zero-order chi connectivity index (χ0) is 11.8. The number of hydrogen-bond donors (Lipinski definition) is 1. The van der Waals surface area contributed by atoms with Crippen LogP contribution in [0.25, 0.3) is 0 Å². The number of hydrogen-bond acceptors (Lipinski definition) is 3. The predicted molar refractivity (Wildman–Crippen MR) is 68.8 cm³/mol. The summed E-state index contributed by atoms with van der Waals surface area (Å²) >= 11 is 0. The Hall–Kier alpha value is -0.120. The lowest BCUT2D eigenvalue weighted by atomic mass is 10.1. The Kier molecular flexibility index (Phi) is 7.01. The van der Waals surface area contributed by atoms with Gasteiger partial charge in [0.25, 0.3) is 0 Å². The van der Waals surface area contributed by atoms with Crippen LogP contribution in [0.3, 0.4) is 0 Å². The first-order valence-corrected chi connectivity index (χ1v) is 6.76. The van der Waals surface area contributed by atoms with Gasteiger partial charge in [-0.1, -0.05) is 27.2 Å². The molecule has 1 saturated heterocycles. The fourth-order valence-electron chi connectivity index (χ4n) is 2.22. The van der Waals surface area contributed by atoms with E-state index in [1.54, 1.807) is 0 Å². The molecule has 1 fully saturated rings. The summed E-state index contributed by atoms with van der Waals surface area (Å²) in [4.78, 5) is 2.58. The van der Waals surface area contributed by atoms with E-state index in [9.17, 15) is 0 Å². The lowest BCUT2D eigenvalue weighted by molar-refractivity contribution is 0.0622. The van der Waals surface area contributed by atoms with Gasteiger partial charge in [0.05, 0.1) is 6.61 Å². The van der Waals surface area contributed by atoms with E-state index in [4.69, 9.17) is 4.74 Å². The second-order valence-corrected chi connectivity index (χ2v) is 5.15. The minimum absolute atomic E-state index is 0.648. The third-order valence-corrected chi connectivity index (χ3v) is 3.07. The quantitative estimate of drug-likeness (QED) is 0.672. The zero-order valence-electron chi connectivity index (χ0n) is 11.2. The second kappa shape index (κ2) is 8.04. The average molecular weight is 228 g/mol. The molecule has 0 radical (unpaired) electrons. The number of piperazine rings is 1. The lowest BCUT2D eigenvalue weighted by Crippen LogP contribution is -2.52. The molecule has 1 unspecified atom stereocenters. The summed E-state index contributed by atoms with van der Waals surface area (Å²) < 4.78 is 5.66. The summed E-state index contributed by atoms with van der Waals surface area (Å²) in [6.45, 7) is 13.0. The van der Waals surface area contributed by atoms with Crippen LogP contribution in [0, 0.1) is 5.92 Å². The van der Waals surface area contributed by atoms with Gasteiger partial charge in [-0.15, -0.1) is 0 Å². The first kappa shape index (κ1) is 13.9. The van der Waals surface area contributed by atoms with Crippen LogP contribution in [0.1, 0.15) is 33.6 Å². The summed E-state index contributed by atoms with van der Waals surface area (Å²) in [7, 11) is 0. The van der Waals surface area contributed by atoms with Gasteiger partial charge in [0.15, 0.2) is 0 Å². The van der Waals surface area contributed by atoms with E-state index in [0.29, 0.717) is 5.92 Å². The second-order valence-electron chi connectivity index (χ2n) is 5.15. The number of nitrogens with zero attached hydrogens (tertiary/aromatic N) is 1. The molecule has 1 atom stereocenters. The summed E-state index contributed by atoms with van der Waals surface area (Å²) in [6, 6.07) is 0.724. The summed E-state index contributed by atoms with van der Waals surface area (Å²) in [5.74, 6) is 0.648. The Bertz CT molecular complexity index is 171. The maximum atomic E-state index is 5.66. The first-order chi connectivity index (χ1) is 7.74. The SMILES string of the molecule is CCCC1CNCCN1CCOCC(C)C. The van der Waals surface area contributed by atoms with E-state index in [1.165, 1.54) is 19.4 Å². The van der Waals surface area contributed by atoms with Gasteiger partial charge in [-0.2, -0.15) is 0 Å². The normalized spacial score (nSPS) is 22.9. The molecule has 0 spiro atoms. The van der Waals surface area contributed by atoms with Crippen LogP contribution in [0.2, 0.25) is 0 Å². The molecule has 3 heteroatoms. The highest BCUT2D eigenvalue weighted by atomic mass is 16.5. The van der Waals surface area contributed by atoms with Gasteiger partial charge in [-0.05, 0) is 12.3 Å². The molecule has 0 aromatic rings. The van der Waals surface area contributed by atoms with Crippen molar-refractivity contribution < 1.29 is 4.74 Å². The average Bonchev–Trinajstić information content (AvgIpc) is 2.26. The van der Waals surface area contributed by atoms with Crippen molar-refractivity contribution in [3.8, 4) is 0 Å². The molecule has 0 aromatic heterocycles. The van der Waals surface area contributed by atoms with Crippen molar-refractivity contribution in [2.24, 2.45) is 5.92 Å². The molecule has 0 saturated carbocycles. The van der Waals surface area contributed by atoms with Gasteiger partial charge >= 0.3 is 0 Å². The monoisotopic (exact) mass is 228 g/mol. The van der Waals surface area contributed by atoms with Crippen LogP contribution in [0.15, 0.2) is 0 Å². The highest BCUT2D eigenvalue weighted by Crippen LogP contribution is 2.09. The summed E-state index contributed by atoms with van der Waals surface area (Å²) in [6.07, 6.45) is 2.58. The van der Waals surface area contributed by atoms with Crippen molar-refractivity contribution in [3.05, 3.63) is 0 Å². The smallest absolute Gasteiger partial charge is 0.0593 e. The Morgan fingerprint density at radius 1 is 1.44 bits per heavy atom. The molecular weight excluding hydrogens is 200 g/mol. The highest BCUT2D eigenvalue weighted by molar-refractivity contribution is 4.79. The van der Waals surface area contributed by atoms with Gasteiger partial charge in [0.1, 0.15) is 0 Å². The molecular formula is C13H28N2O. The van der Waals surface area contributed by atoms with E-state index in [1.807, 2.05) is 0 Å². The van der Waals surface area contributed by atoms with Gasteiger partial charge in [-0.25, -0.2) is 0 Å². The third kappa shape index (κ3) is 5.28. The molecule has 0 aliphatic carbocycles. The van der Waals surface area contributed by atoms with E-state index in [0.717, 1.165) is 38.9 Å². The topological polar surface area (TPSA) is 24.5 Å². The summed E-state index contributed by atoms with van der Waals surface area (Å²) in [5.41, 5.74) is 0. The Balaban J connectivity index is 2.16. The van der Waals surface area contributed by atoms with Crippen LogP contribution in [0.4, 0.5) is 0 Å². The molecule has 96 valence electrons. The van der Waals surface area contributed by atoms with Gasteiger partial charge in [0.2, 0.25) is 0 Å². The molecule has 0 aromatic carbocycles. The van der Waals surface area contributed by atoms with E-state index < -0.39 is 0 Å². The standard InChI is InChI=1S/C13H28N2O/c1-4-5-13-10-14-6-7-15(13)8-9-16-11-12(2)3/h12-14H,4-11H2,1-3H3. The van der Waals surface area contributed by atoms with Crippen LogP contribution < -0.4 is 5.32 Å². The Morgan fingerprint density at radius 3 is 2.94 bits per heavy atom.